The summed E-state index contributed by atoms with van der Waals surface area (Å²) in [6.07, 6.45) is 0.188. The largest absolute Gasteiger partial charge is 0.497 e. The second-order valence-corrected chi connectivity index (χ2v) is 5.59. The molecule has 21 heavy (non-hydrogen) atoms. The van der Waals surface area contributed by atoms with Crippen LogP contribution < -0.4 is 9.47 Å². The lowest BCUT2D eigenvalue weighted by molar-refractivity contribution is -0.155. The number of benzene rings is 1. The van der Waals surface area contributed by atoms with Crippen LogP contribution in [0.2, 0.25) is 0 Å². The van der Waals surface area contributed by atoms with Crippen LogP contribution in [0.3, 0.4) is 0 Å². The fourth-order valence-corrected chi connectivity index (χ4v) is 1.54. The van der Waals surface area contributed by atoms with Crippen LogP contribution in [0.15, 0.2) is 24.3 Å². The first-order chi connectivity index (χ1) is 9.80. The minimum absolute atomic E-state index is 0.0604. The molecule has 1 rings (SSSR count). The quantitative estimate of drug-likeness (QED) is 0.724. The monoisotopic (exact) mass is 294 g/mol. The molecular formula is C16H22O5. The molecule has 5 heteroatoms. The van der Waals surface area contributed by atoms with Crippen LogP contribution in [0.1, 0.15) is 33.6 Å². The second kappa shape index (κ2) is 7.67. The van der Waals surface area contributed by atoms with Gasteiger partial charge in [-0.25, -0.2) is 0 Å². The first-order valence-corrected chi connectivity index (χ1v) is 6.80. The smallest absolute Gasteiger partial charge is 0.306 e. The molecule has 0 aromatic heterocycles. The molecule has 0 atom stereocenters. The molecule has 1 aromatic rings. The van der Waals surface area contributed by atoms with E-state index >= 15 is 0 Å². The van der Waals surface area contributed by atoms with Crippen molar-refractivity contribution in [3.8, 4) is 11.5 Å². The third-order valence-electron chi connectivity index (χ3n) is 2.49. The van der Waals surface area contributed by atoms with Crippen molar-refractivity contribution < 1.29 is 23.8 Å². The third kappa shape index (κ3) is 7.34. The van der Waals surface area contributed by atoms with Crippen molar-refractivity contribution >= 4 is 11.8 Å². The molecule has 0 fully saturated rings. The molecule has 0 saturated carbocycles. The van der Waals surface area contributed by atoms with Crippen molar-refractivity contribution in [3.63, 3.8) is 0 Å². The number of methoxy groups -OCH3 is 1. The number of ketones is 1. The molecule has 0 N–H and O–H groups in total. The fourth-order valence-electron chi connectivity index (χ4n) is 1.54. The molecule has 0 aliphatic rings. The van der Waals surface area contributed by atoms with E-state index in [4.69, 9.17) is 14.2 Å². The normalized spacial score (nSPS) is 10.9. The number of carbonyl (C=O) groups excluding carboxylic acids is 2. The summed E-state index contributed by atoms with van der Waals surface area (Å²) in [5, 5.41) is 0. The highest BCUT2D eigenvalue weighted by Crippen LogP contribution is 2.17. The minimum atomic E-state index is -0.528. The van der Waals surface area contributed by atoms with Gasteiger partial charge in [-0.05, 0) is 45.0 Å². The summed E-state index contributed by atoms with van der Waals surface area (Å²) in [7, 11) is 1.58. The lowest BCUT2D eigenvalue weighted by Gasteiger charge is -2.19. The average molecular weight is 294 g/mol. The van der Waals surface area contributed by atoms with Gasteiger partial charge in [-0.2, -0.15) is 0 Å². The maximum absolute atomic E-state index is 11.7. The Bertz CT molecular complexity index is 470. The van der Waals surface area contributed by atoms with Gasteiger partial charge in [-0.3, -0.25) is 9.59 Å². The molecule has 116 valence electrons. The van der Waals surface area contributed by atoms with Crippen molar-refractivity contribution in [1.82, 2.24) is 0 Å². The van der Waals surface area contributed by atoms with E-state index in [1.54, 1.807) is 52.1 Å². The maximum atomic E-state index is 11.7. The van der Waals surface area contributed by atoms with E-state index in [1.807, 2.05) is 0 Å². The number of ether oxygens (including phenoxy) is 3. The standard InChI is InChI=1S/C16H22O5/c1-16(2,3)21-15(18)10-5-12(17)11-20-14-8-6-13(19-4)7-9-14/h6-9H,5,10-11H2,1-4H3. The minimum Gasteiger partial charge on any atom is -0.497 e. The van der Waals surface area contributed by atoms with Gasteiger partial charge in [0.1, 0.15) is 23.7 Å². The van der Waals surface area contributed by atoms with Gasteiger partial charge in [0, 0.05) is 6.42 Å². The SMILES string of the molecule is COc1ccc(OCC(=O)CCC(=O)OC(C)(C)C)cc1. The summed E-state index contributed by atoms with van der Waals surface area (Å²) in [6, 6.07) is 6.95. The van der Waals surface area contributed by atoms with Crippen LogP contribution in [-0.2, 0) is 14.3 Å². The van der Waals surface area contributed by atoms with Gasteiger partial charge in [0.15, 0.2) is 5.78 Å². The summed E-state index contributed by atoms with van der Waals surface area (Å²) < 4.78 is 15.5. The topological polar surface area (TPSA) is 61.8 Å². The zero-order chi connectivity index (χ0) is 15.9. The van der Waals surface area contributed by atoms with Crippen LogP contribution in [0, 0.1) is 0 Å². The van der Waals surface area contributed by atoms with E-state index in [1.165, 1.54) is 0 Å². The molecule has 5 nitrogen and oxygen atoms in total. The first-order valence-electron chi connectivity index (χ1n) is 6.80. The zero-order valence-electron chi connectivity index (χ0n) is 13.0. The Hall–Kier alpha value is -2.04. The fraction of sp³-hybridized carbons (Fsp3) is 0.500. The summed E-state index contributed by atoms with van der Waals surface area (Å²) in [4.78, 5) is 23.1. The van der Waals surface area contributed by atoms with Gasteiger partial charge in [-0.1, -0.05) is 0 Å². The van der Waals surface area contributed by atoms with E-state index in [-0.39, 0.29) is 31.2 Å². The van der Waals surface area contributed by atoms with Gasteiger partial charge in [-0.15, -0.1) is 0 Å². The van der Waals surface area contributed by atoms with E-state index in [0.29, 0.717) is 5.75 Å². The summed E-state index contributed by atoms with van der Waals surface area (Å²) >= 11 is 0. The molecule has 0 aliphatic heterocycles. The molecule has 0 amide bonds. The van der Waals surface area contributed by atoms with E-state index in [2.05, 4.69) is 0 Å². The number of hydrogen-bond acceptors (Lipinski definition) is 5. The number of rotatable bonds is 7. The Morgan fingerprint density at radius 2 is 1.57 bits per heavy atom. The van der Waals surface area contributed by atoms with Crippen LogP contribution in [-0.4, -0.2) is 31.1 Å². The second-order valence-electron chi connectivity index (χ2n) is 5.59. The molecule has 1 aromatic carbocycles. The molecule has 0 radical (unpaired) electrons. The van der Waals surface area contributed by atoms with Crippen LogP contribution >= 0.6 is 0 Å². The molecule has 0 aliphatic carbocycles. The Kier molecular flexibility index (Phi) is 6.21. The predicted octanol–water partition coefficient (Wildman–Crippen LogP) is 2.77. The Morgan fingerprint density at radius 3 is 2.10 bits per heavy atom. The number of Topliss-reactive ketones (excluding diaryl/α,β-unsaturated/α-hetero) is 1. The predicted molar refractivity (Wildman–Crippen MR) is 78.6 cm³/mol. The van der Waals surface area contributed by atoms with Crippen molar-refractivity contribution in [2.24, 2.45) is 0 Å². The Morgan fingerprint density at radius 1 is 1.00 bits per heavy atom. The van der Waals surface area contributed by atoms with Gasteiger partial charge >= 0.3 is 5.97 Å². The lowest BCUT2D eigenvalue weighted by atomic mass is 10.2. The first kappa shape index (κ1) is 17.0. The highest BCUT2D eigenvalue weighted by Gasteiger charge is 2.17. The van der Waals surface area contributed by atoms with Gasteiger partial charge in [0.2, 0.25) is 0 Å². The molecule has 0 bridgehead atoms. The molecular weight excluding hydrogens is 272 g/mol. The Balaban J connectivity index is 2.29. The number of esters is 1. The van der Waals surface area contributed by atoms with E-state index < -0.39 is 5.60 Å². The van der Waals surface area contributed by atoms with Gasteiger partial charge in [0.05, 0.1) is 13.5 Å². The molecule has 0 saturated heterocycles. The van der Waals surface area contributed by atoms with Crippen molar-refractivity contribution in [3.05, 3.63) is 24.3 Å². The van der Waals surface area contributed by atoms with Crippen LogP contribution in [0.5, 0.6) is 11.5 Å². The Labute approximate surface area is 125 Å². The average Bonchev–Trinajstić information content (AvgIpc) is 2.41. The van der Waals surface area contributed by atoms with Gasteiger partial charge in [0.25, 0.3) is 0 Å². The summed E-state index contributed by atoms with van der Waals surface area (Å²) in [6.45, 7) is 5.31. The number of carbonyl (C=O) groups is 2. The molecule has 0 heterocycles. The van der Waals surface area contributed by atoms with Crippen LogP contribution in [0.25, 0.3) is 0 Å². The van der Waals surface area contributed by atoms with E-state index in [0.717, 1.165) is 5.75 Å². The molecule has 0 unspecified atom stereocenters. The van der Waals surface area contributed by atoms with Gasteiger partial charge < -0.3 is 14.2 Å². The third-order valence-corrected chi connectivity index (χ3v) is 2.49. The highest BCUT2D eigenvalue weighted by molar-refractivity contribution is 5.84. The van der Waals surface area contributed by atoms with E-state index in [9.17, 15) is 9.59 Å². The number of hydrogen-bond donors (Lipinski definition) is 0. The summed E-state index contributed by atoms with van der Waals surface area (Å²) in [5.74, 6) is 0.789. The van der Waals surface area contributed by atoms with Crippen LogP contribution in [0.4, 0.5) is 0 Å². The van der Waals surface area contributed by atoms with Crippen molar-refractivity contribution in [2.75, 3.05) is 13.7 Å². The zero-order valence-corrected chi connectivity index (χ0v) is 13.0. The highest BCUT2D eigenvalue weighted by atomic mass is 16.6. The van der Waals surface area contributed by atoms with Crippen molar-refractivity contribution in [1.29, 1.82) is 0 Å². The molecule has 0 spiro atoms. The summed E-state index contributed by atoms with van der Waals surface area (Å²) in [5.41, 5.74) is -0.528. The van der Waals surface area contributed by atoms with Crippen molar-refractivity contribution in [2.45, 2.75) is 39.2 Å². The lowest BCUT2D eigenvalue weighted by Crippen LogP contribution is -2.24. The maximum Gasteiger partial charge on any atom is 0.306 e.